The van der Waals surface area contributed by atoms with Crippen molar-refractivity contribution in [2.75, 3.05) is 28.2 Å². The smallest absolute Gasteiger partial charge is 0.211 e. The highest BCUT2D eigenvalue weighted by Gasteiger charge is 2.49. The summed E-state index contributed by atoms with van der Waals surface area (Å²) in [7, 11) is 7.76. The summed E-state index contributed by atoms with van der Waals surface area (Å²) in [6.45, 7) is 4.84. The van der Waals surface area contributed by atoms with Crippen LogP contribution < -0.4 is 0 Å². The van der Waals surface area contributed by atoms with E-state index >= 15 is 0 Å². The zero-order chi connectivity index (χ0) is 11.6. The Bertz CT molecular complexity index is 174. The second-order valence-corrected chi connectivity index (χ2v) is 11.0. The van der Waals surface area contributed by atoms with Crippen LogP contribution in [0.2, 0.25) is 11.1 Å². The Hall–Kier alpha value is 0.137. The van der Waals surface area contributed by atoms with Gasteiger partial charge in [-0.1, -0.05) is 39.5 Å². The average Bonchev–Trinajstić information content (AvgIpc) is 2.55. The van der Waals surface area contributed by atoms with Crippen LogP contribution in [0.5, 0.6) is 0 Å². The molecule has 0 N–H and O–H groups in total. The molecule has 0 bridgehead atoms. The van der Waals surface area contributed by atoms with Crippen molar-refractivity contribution in [1.82, 2.24) is 9.13 Å². The van der Waals surface area contributed by atoms with Gasteiger partial charge in [0.05, 0.1) is 0 Å². The van der Waals surface area contributed by atoms with Crippen molar-refractivity contribution < 1.29 is 0 Å². The van der Waals surface area contributed by atoms with Gasteiger partial charge in [-0.2, -0.15) is 0 Å². The molecule has 1 fully saturated rings. The first-order valence-corrected chi connectivity index (χ1v) is 8.33. The van der Waals surface area contributed by atoms with Crippen LogP contribution in [0.3, 0.4) is 0 Å². The molecule has 0 aromatic rings. The molecule has 1 saturated carbocycles. The fraction of sp³-hybridized carbons (Fsp3) is 1.00. The predicted molar refractivity (Wildman–Crippen MR) is 70.4 cm³/mol. The molecule has 1 rings (SSSR count). The number of rotatable bonds is 4. The Labute approximate surface area is 96.8 Å². The molecule has 0 spiro atoms. The summed E-state index contributed by atoms with van der Waals surface area (Å²) in [5.74, 6) is 0. The Morgan fingerprint density at radius 1 is 0.933 bits per heavy atom. The molecule has 3 heteroatoms. The van der Waals surface area contributed by atoms with Gasteiger partial charge in [0.15, 0.2) is 0 Å². The molecule has 0 heterocycles. The minimum atomic E-state index is -1.43. The van der Waals surface area contributed by atoms with E-state index in [9.17, 15) is 0 Å². The maximum atomic E-state index is 2.58. The quantitative estimate of drug-likeness (QED) is 0.683. The van der Waals surface area contributed by atoms with E-state index in [1.54, 1.807) is 0 Å². The molecule has 15 heavy (non-hydrogen) atoms. The summed E-state index contributed by atoms with van der Waals surface area (Å²) in [5, 5.41) is 0. The van der Waals surface area contributed by atoms with Gasteiger partial charge in [0.25, 0.3) is 0 Å². The van der Waals surface area contributed by atoms with E-state index < -0.39 is 8.40 Å². The maximum absolute atomic E-state index is 2.58. The Kier molecular flexibility index (Phi) is 4.38. The summed E-state index contributed by atoms with van der Waals surface area (Å²) < 4.78 is 5.15. The van der Waals surface area contributed by atoms with Gasteiger partial charge < -0.3 is 9.13 Å². The summed E-state index contributed by atoms with van der Waals surface area (Å²) in [6, 6.07) is 0. The second kappa shape index (κ2) is 4.98. The van der Waals surface area contributed by atoms with Crippen LogP contribution in [0.25, 0.3) is 0 Å². The van der Waals surface area contributed by atoms with Crippen LogP contribution in [0, 0.1) is 0 Å². The highest BCUT2D eigenvalue weighted by atomic mass is 28.4. The lowest BCUT2D eigenvalue weighted by Crippen LogP contribution is -2.65. The largest absolute Gasteiger partial charge is 0.317 e. The van der Waals surface area contributed by atoms with Crippen LogP contribution in [-0.4, -0.2) is 45.7 Å². The third-order valence-corrected chi connectivity index (χ3v) is 10.6. The fourth-order valence-corrected chi connectivity index (χ4v) is 10.5. The zero-order valence-electron chi connectivity index (χ0n) is 11.4. The summed E-state index contributed by atoms with van der Waals surface area (Å²) in [4.78, 5) is 0. The molecule has 0 radical (unpaired) electrons. The lowest BCUT2D eigenvalue weighted by atomic mass is 10.4. The standard InChI is InChI=1S/C12H28N2Si/c1-11(2)15(13(3)4,14(5)6)12-9-7-8-10-12/h11-12H,7-10H2,1-6H3. The highest BCUT2D eigenvalue weighted by molar-refractivity contribution is 6.77. The molecule has 1 aliphatic carbocycles. The second-order valence-electron chi connectivity index (χ2n) is 5.71. The summed E-state index contributed by atoms with van der Waals surface area (Å²) in [6.07, 6.45) is 5.82. The van der Waals surface area contributed by atoms with Crippen LogP contribution in [0.1, 0.15) is 39.5 Å². The van der Waals surface area contributed by atoms with Crippen molar-refractivity contribution in [2.45, 2.75) is 50.6 Å². The van der Waals surface area contributed by atoms with Crippen molar-refractivity contribution in [3.63, 3.8) is 0 Å². The Balaban J connectivity index is 3.00. The first kappa shape index (κ1) is 13.2. The molecular formula is C12H28N2Si. The van der Waals surface area contributed by atoms with Crippen molar-refractivity contribution in [1.29, 1.82) is 0 Å². The fourth-order valence-electron chi connectivity index (χ4n) is 3.99. The summed E-state index contributed by atoms with van der Waals surface area (Å²) in [5.41, 5.74) is 1.79. The molecule has 90 valence electrons. The minimum absolute atomic E-state index is 0.811. The average molecular weight is 228 g/mol. The SMILES string of the molecule is CC(C)[Si](C1CCCC1)(N(C)C)N(C)C. The number of hydrogen-bond acceptors (Lipinski definition) is 2. The maximum Gasteiger partial charge on any atom is 0.211 e. The van der Waals surface area contributed by atoms with Gasteiger partial charge in [-0.3, -0.25) is 0 Å². The molecule has 0 atom stereocenters. The van der Waals surface area contributed by atoms with Crippen LogP contribution in [0.15, 0.2) is 0 Å². The van der Waals surface area contributed by atoms with Crippen molar-refractivity contribution in [2.24, 2.45) is 0 Å². The molecule has 0 unspecified atom stereocenters. The van der Waals surface area contributed by atoms with E-state index in [4.69, 9.17) is 0 Å². The van der Waals surface area contributed by atoms with E-state index in [1.165, 1.54) is 25.7 Å². The van der Waals surface area contributed by atoms with Crippen LogP contribution in [-0.2, 0) is 0 Å². The topological polar surface area (TPSA) is 6.48 Å². The molecular weight excluding hydrogens is 200 g/mol. The van der Waals surface area contributed by atoms with Crippen molar-refractivity contribution >= 4 is 8.40 Å². The first-order chi connectivity index (χ1) is 6.94. The zero-order valence-corrected chi connectivity index (χ0v) is 12.4. The molecule has 0 amide bonds. The minimum Gasteiger partial charge on any atom is -0.317 e. The molecule has 0 aromatic carbocycles. The van der Waals surface area contributed by atoms with Crippen LogP contribution in [0.4, 0.5) is 0 Å². The molecule has 0 saturated heterocycles. The van der Waals surface area contributed by atoms with Crippen molar-refractivity contribution in [3.05, 3.63) is 0 Å². The van der Waals surface area contributed by atoms with Crippen LogP contribution >= 0.6 is 0 Å². The van der Waals surface area contributed by atoms with Gasteiger partial charge in [-0.15, -0.1) is 0 Å². The number of nitrogens with zero attached hydrogens (tertiary/aromatic N) is 2. The third-order valence-electron chi connectivity index (χ3n) is 4.24. The van der Waals surface area contributed by atoms with Gasteiger partial charge in [-0.05, 0) is 39.3 Å². The highest BCUT2D eigenvalue weighted by Crippen LogP contribution is 2.45. The lowest BCUT2D eigenvalue weighted by molar-refractivity contribution is 0.432. The number of hydrogen-bond donors (Lipinski definition) is 0. The molecule has 2 nitrogen and oxygen atoms in total. The summed E-state index contributed by atoms with van der Waals surface area (Å²) >= 11 is 0. The Morgan fingerprint density at radius 3 is 1.60 bits per heavy atom. The normalized spacial score (nSPS) is 19.8. The Morgan fingerprint density at radius 2 is 1.33 bits per heavy atom. The molecule has 1 aliphatic rings. The predicted octanol–water partition coefficient (Wildman–Crippen LogP) is 2.91. The first-order valence-electron chi connectivity index (χ1n) is 6.28. The monoisotopic (exact) mass is 228 g/mol. The van der Waals surface area contributed by atoms with E-state index in [0.717, 1.165) is 11.1 Å². The van der Waals surface area contributed by atoms with Gasteiger partial charge in [0.1, 0.15) is 0 Å². The van der Waals surface area contributed by atoms with Gasteiger partial charge in [-0.25, -0.2) is 0 Å². The van der Waals surface area contributed by atoms with E-state index in [-0.39, 0.29) is 0 Å². The third kappa shape index (κ3) is 2.15. The molecule has 0 aliphatic heterocycles. The lowest BCUT2D eigenvalue weighted by Gasteiger charge is -2.50. The van der Waals surface area contributed by atoms with Gasteiger partial charge >= 0.3 is 0 Å². The molecule has 0 aromatic heterocycles. The van der Waals surface area contributed by atoms with E-state index in [2.05, 4.69) is 51.2 Å². The van der Waals surface area contributed by atoms with Crippen molar-refractivity contribution in [3.8, 4) is 0 Å². The van der Waals surface area contributed by atoms with Gasteiger partial charge in [0.2, 0.25) is 8.40 Å². The van der Waals surface area contributed by atoms with Gasteiger partial charge in [0, 0.05) is 0 Å². The van der Waals surface area contributed by atoms with E-state index in [1.807, 2.05) is 0 Å². The van der Waals surface area contributed by atoms with E-state index in [0.29, 0.717) is 0 Å².